The first kappa shape index (κ1) is 18.1. The molecule has 2 aromatic rings. The molecular formula is C17H22FN3O3. The Labute approximate surface area is 140 Å². The van der Waals surface area contributed by atoms with Crippen molar-refractivity contribution in [3.8, 4) is 11.4 Å². The van der Waals surface area contributed by atoms with Crippen molar-refractivity contribution in [1.82, 2.24) is 15.5 Å². The summed E-state index contributed by atoms with van der Waals surface area (Å²) in [5.41, 5.74) is 0.645. The van der Waals surface area contributed by atoms with E-state index in [1.807, 2.05) is 0 Å². The SMILES string of the molecule is CC(C)COCCC(=O)N[C@H](C)c1nc(-c2ccc(F)cc2)no1. The number of nitrogens with one attached hydrogen (secondary N) is 1. The molecule has 0 fully saturated rings. The predicted octanol–water partition coefficient (Wildman–Crippen LogP) is 3.12. The van der Waals surface area contributed by atoms with Crippen molar-refractivity contribution in [2.24, 2.45) is 5.92 Å². The molecule has 0 aliphatic carbocycles. The number of halogens is 1. The third kappa shape index (κ3) is 5.42. The summed E-state index contributed by atoms with van der Waals surface area (Å²) >= 11 is 0. The van der Waals surface area contributed by atoms with Gasteiger partial charge in [0, 0.05) is 18.6 Å². The Morgan fingerprint density at radius 3 is 2.67 bits per heavy atom. The zero-order valence-electron chi connectivity index (χ0n) is 14.1. The number of benzene rings is 1. The molecule has 6 nitrogen and oxygen atoms in total. The Morgan fingerprint density at radius 1 is 1.29 bits per heavy atom. The van der Waals surface area contributed by atoms with Gasteiger partial charge in [-0.2, -0.15) is 4.98 Å². The monoisotopic (exact) mass is 335 g/mol. The minimum absolute atomic E-state index is 0.146. The van der Waals surface area contributed by atoms with E-state index in [0.29, 0.717) is 36.4 Å². The van der Waals surface area contributed by atoms with Gasteiger partial charge in [0.2, 0.25) is 17.6 Å². The topological polar surface area (TPSA) is 77.2 Å². The molecule has 130 valence electrons. The van der Waals surface area contributed by atoms with Crippen molar-refractivity contribution < 1.29 is 18.4 Å². The van der Waals surface area contributed by atoms with Crippen LogP contribution in [-0.4, -0.2) is 29.3 Å². The standard InChI is InChI=1S/C17H22FN3O3/c1-11(2)10-23-9-8-15(22)19-12(3)17-20-16(21-24-17)13-4-6-14(18)7-5-13/h4-7,11-12H,8-10H2,1-3H3,(H,19,22)/t12-/m1/s1. The van der Waals surface area contributed by atoms with Gasteiger partial charge in [-0.25, -0.2) is 4.39 Å². The molecule has 2 rings (SSSR count). The first-order valence-corrected chi connectivity index (χ1v) is 7.92. The molecule has 7 heteroatoms. The molecule has 1 amide bonds. The second kappa shape index (κ2) is 8.54. The van der Waals surface area contributed by atoms with Crippen molar-refractivity contribution in [3.05, 3.63) is 36.0 Å². The van der Waals surface area contributed by atoms with Crippen LogP contribution in [0, 0.1) is 11.7 Å². The fourth-order valence-electron chi connectivity index (χ4n) is 1.99. The third-order valence-electron chi connectivity index (χ3n) is 3.22. The Morgan fingerprint density at radius 2 is 2.00 bits per heavy atom. The van der Waals surface area contributed by atoms with Gasteiger partial charge in [0.1, 0.15) is 11.9 Å². The van der Waals surface area contributed by atoms with Crippen molar-refractivity contribution in [2.45, 2.75) is 33.2 Å². The number of rotatable bonds is 8. The largest absolute Gasteiger partial charge is 0.381 e. The van der Waals surface area contributed by atoms with E-state index in [-0.39, 0.29) is 18.1 Å². The summed E-state index contributed by atoms with van der Waals surface area (Å²) in [4.78, 5) is 16.1. The Kier molecular flexibility index (Phi) is 6.43. The lowest BCUT2D eigenvalue weighted by Crippen LogP contribution is -2.27. The molecule has 1 atom stereocenters. The van der Waals surface area contributed by atoms with Crippen LogP contribution in [0.5, 0.6) is 0 Å². The molecule has 0 unspecified atom stereocenters. The molecule has 0 aliphatic heterocycles. The first-order chi connectivity index (χ1) is 11.5. The molecule has 1 N–H and O–H groups in total. The molecule has 1 heterocycles. The van der Waals surface area contributed by atoms with Gasteiger partial charge in [-0.1, -0.05) is 19.0 Å². The number of nitrogens with zero attached hydrogens (tertiary/aromatic N) is 2. The fourth-order valence-corrected chi connectivity index (χ4v) is 1.99. The molecule has 0 aliphatic rings. The lowest BCUT2D eigenvalue weighted by Gasteiger charge is -2.10. The van der Waals surface area contributed by atoms with Crippen molar-refractivity contribution >= 4 is 5.91 Å². The van der Waals surface area contributed by atoms with Crippen LogP contribution in [0.1, 0.15) is 39.1 Å². The van der Waals surface area contributed by atoms with Gasteiger partial charge in [-0.15, -0.1) is 0 Å². The summed E-state index contributed by atoms with van der Waals surface area (Å²) in [5, 5.41) is 6.64. The van der Waals surface area contributed by atoms with Gasteiger partial charge in [0.05, 0.1) is 6.61 Å². The first-order valence-electron chi connectivity index (χ1n) is 7.92. The minimum Gasteiger partial charge on any atom is -0.381 e. The average molecular weight is 335 g/mol. The number of hydrogen-bond acceptors (Lipinski definition) is 5. The second-order valence-electron chi connectivity index (χ2n) is 5.97. The van der Waals surface area contributed by atoms with Gasteiger partial charge < -0.3 is 14.6 Å². The van der Waals surface area contributed by atoms with E-state index in [9.17, 15) is 9.18 Å². The van der Waals surface area contributed by atoms with E-state index in [1.54, 1.807) is 19.1 Å². The predicted molar refractivity (Wildman–Crippen MR) is 86.5 cm³/mol. The normalized spacial score (nSPS) is 12.4. The highest BCUT2D eigenvalue weighted by Gasteiger charge is 2.17. The summed E-state index contributed by atoms with van der Waals surface area (Å²) < 4.78 is 23.5. The Balaban J connectivity index is 1.85. The van der Waals surface area contributed by atoms with Crippen LogP contribution in [0.25, 0.3) is 11.4 Å². The Bertz CT molecular complexity index is 655. The highest BCUT2D eigenvalue weighted by atomic mass is 19.1. The van der Waals surface area contributed by atoms with Gasteiger partial charge in [-0.05, 0) is 37.1 Å². The summed E-state index contributed by atoms with van der Waals surface area (Å²) in [5.74, 6) is 0.614. The highest BCUT2D eigenvalue weighted by Crippen LogP contribution is 2.19. The third-order valence-corrected chi connectivity index (χ3v) is 3.22. The van der Waals surface area contributed by atoms with Gasteiger partial charge in [0.25, 0.3) is 0 Å². The van der Waals surface area contributed by atoms with E-state index in [1.165, 1.54) is 12.1 Å². The van der Waals surface area contributed by atoms with Gasteiger partial charge in [0.15, 0.2) is 0 Å². The molecule has 0 saturated heterocycles. The number of aromatic nitrogens is 2. The maximum absolute atomic E-state index is 12.9. The van der Waals surface area contributed by atoms with Crippen LogP contribution >= 0.6 is 0 Å². The summed E-state index contributed by atoms with van der Waals surface area (Å²) in [6, 6.07) is 5.38. The summed E-state index contributed by atoms with van der Waals surface area (Å²) in [6.07, 6.45) is 0.274. The molecule has 1 aromatic heterocycles. The zero-order valence-corrected chi connectivity index (χ0v) is 14.1. The minimum atomic E-state index is -0.413. The molecule has 0 bridgehead atoms. The lowest BCUT2D eigenvalue weighted by molar-refractivity contribution is -0.123. The highest BCUT2D eigenvalue weighted by molar-refractivity contribution is 5.76. The molecule has 0 saturated carbocycles. The smallest absolute Gasteiger partial charge is 0.249 e. The molecular weight excluding hydrogens is 313 g/mol. The maximum atomic E-state index is 12.9. The fraction of sp³-hybridized carbons (Fsp3) is 0.471. The van der Waals surface area contributed by atoms with Crippen LogP contribution in [0.4, 0.5) is 4.39 Å². The van der Waals surface area contributed by atoms with Crippen LogP contribution < -0.4 is 5.32 Å². The van der Waals surface area contributed by atoms with E-state index in [0.717, 1.165) is 0 Å². The van der Waals surface area contributed by atoms with E-state index < -0.39 is 6.04 Å². The molecule has 0 radical (unpaired) electrons. The lowest BCUT2D eigenvalue weighted by atomic mass is 10.2. The quantitative estimate of drug-likeness (QED) is 0.750. The Hall–Kier alpha value is -2.28. The maximum Gasteiger partial charge on any atom is 0.249 e. The van der Waals surface area contributed by atoms with Gasteiger partial charge >= 0.3 is 0 Å². The van der Waals surface area contributed by atoms with Crippen molar-refractivity contribution in [2.75, 3.05) is 13.2 Å². The summed E-state index contributed by atoms with van der Waals surface area (Å²) in [7, 11) is 0. The number of carbonyl (C=O) groups excluding carboxylic acids is 1. The average Bonchev–Trinajstić information content (AvgIpc) is 3.02. The number of amides is 1. The summed E-state index contributed by atoms with van der Waals surface area (Å²) in [6.45, 7) is 6.87. The number of carbonyl (C=O) groups is 1. The van der Waals surface area contributed by atoms with Crippen molar-refractivity contribution in [3.63, 3.8) is 0 Å². The van der Waals surface area contributed by atoms with Crippen molar-refractivity contribution in [1.29, 1.82) is 0 Å². The van der Waals surface area contributed by atoms with E-state index >= 15 is 0 Å². The van der Waals surface area contributed by atoms with E-state index in [4.69, 9.17) is 9.26 Å². The van der Waals surface area contributed by atoms with Crippen LogP contribution in [0.3, 0.4) is 0 Å². The van der Waals surface area contributed by atoms with E-state index in [2.05, 4.69) is 29.3 Å². The van der Waals surface area contributed by atoms with Gasteiger partial charge in [-0.3, -0.25) is 4.79 Å². The number of hydrogen-bond donors (Lipinski definition) is 1. The molecule has 24 heavy (non-hydrogen) atoms. The zero-order chi connectivity index (χ0) is 17.5. The second-order valence-corrected chi connectivity index (χ2v) is 5.97. The molecule has 1 aromatic carbocycles. The van der Waals surface area contributed by atoms with Crippen LogP contribution in [0.2, 0.25) is 0 Å². The number of ether oxygens (including phenoxy) is 1. The van der Waals surface area contributed by atoms with Crippen LogP contribution in [0.15, 0.2) is 28.8 Å². The van der Waals surface area contributed by atoms with Crippen LogP contribution in [-0.2, 0) is 9.53 Å². The molecule has 0 spiro atoms.